The Morgan fingerprint density at radius 3 is 2.33 bits per heavy atom. The minimum Gasteiger partial charge on any atom is -0.401 e. The van der Waals surface area contributed by atoms with Crippen molar-refractivity contribution in [3.8, 4) is 0 Å². The van der Waals surface area contributed by atoms with E-state index in [9.17, 15) is 0 Å². The van der Waals surface area contributed by atoms with Crippen LogP contribution < -0.4 is 0 Å². The molecule has 0 rings (SSSR count). The molecule has 0 spiro atoms. The summed E-state index contributed by atoms with van der Waals surface area (Å²) < 4.78 is 8.08. The second kappa shape index (κ2) is 3.48. The van der Waals surface area contributed by atoms with E-state index in [4.69, 9.17) is 5.02 Å². The van der Waals surface area contributed by atoms with Crippen LogP contribution in [0, 0.1) is 0 Å². The summed E-state index contributed by atoms with van der Waals surface area (Å²) in [6.07, 6.45) is 0. The van der Waals surface area contributed by atoms with Crippen molar-refractivity contribution >= 4 is 20.2 Å². The Morgan fingerprint density at radius 2 is 2.33 bits per heavy atom. The minimum absolute atomic E-state index is 1.20. The number of thiol groups is 1. The van der Waals surface area contributed by atoms with Gasteiger partial charge in [-0.25, -0.2) is 0 Å². The molecule has 0 saturated heterocycles. The molecular formula is CH5BO3S. The lowest BCUT2D eigenvalue weighted by Crippen LogP contribution is -2.14. The van der Waals surface area contributed by atoms with Gasteiger partial charge in [-0.2, -0.15) is 0 Å². The molecule has 0 radical (unpaired) electrons. The van der Waals surface area contributed by atoms with Crippen LogP contribution in [0.15, 0.2) is 0 Å². The largest absolute Gasteiger partial charge is 0.647 e. The highest BCUT2D eigenvalue weighted by atomic mass is 32.1. The highest BCUT2D eigenvalue weighted by molar-refractivity contribution is 7.76. The molecule has 0 aliphatic rings. The van der Waals surface area contributed by atoms with E-state index in [1.165, 1.54) is 7.11 Å². The van der Waals surface area contributed by atoms with Gasteiger partial charge < -0.3 is 13.8 Å². The van der Waals surface area contributed by atoms with E-state index >= 15 is 0 Å². The van der Waals surface area contributed by atoms with Gasteiger partial charge in [0, 0.05) is 7.11 Å². The van der Waals surface area contributed by atoms with Crippen molar-refractivity contribution < 1.29 is 13.8 Å². The third-order valence-corrected chi connectivity index (χ3v) is 0.472. The molecule has 1 N–H and O–H groups in total. The molecule has 0 bridgehead atoms. The molecule has 0 unspecified atom stereocenters. The van der Waals surface area contributed by atoms with Crippen molar-refractivity contribution in [3.05, 3.63) is 0 Å². The maximum atomic E-state index is 8.15. The molecule has 0 fully saturated rings. The first-order valence-electron chi connectivity index (χ1n) is 1.32. The molecule has 0 aromatic carbocycles. The fraction of sp³-hybridized carbons (Fsp3) is 1.00. The van der Waals surface area contributed by atoms with E-state index in [1.54, 1.807) is 0 Å². The van der Waals surface area contributed by atoms with Gasteiger partial charge in [0.1, 0.15) is 0 Å². The second-order valence-electron chi connectivity index (χ2n) is 0.648. The molecule has 0 aliphatic carbocycles. The van der Waals surface area contributed by atoms with Crippen molar-refractivity contribution in [2.45, 2.75) is 0 Å². The summed E-state index contributed by atoms with van der Waals surface area (Å²) in [7, 11) is 0.106. The Balaban J connectivity index is 2.75. The molecular weight excluding hydrogens is 103 g/mol. The Kier molecular flexibility index (Phi) is 3.66. The van der Waals surface area contributed by atoms with Gasteiger partial charge in [0.2, 0.25) is 0 Å². The third kappa shape index (κ3) is 2.53. The Labute approximate surface area is 42.1 Å². The van der Waals surface area contributed by atoms with Crippen LogP contribution in [-0.2, 0) is 8.75 Å². The molecule has 3 nitrogen and oxygen atoms in total. The zero-order valence-corrected chi connectivity index (χ0v) is 4.18. The lowest BCUT2D eigenvalue weighted by atomic mass is 10.3. The quantitative estimate of drug-likeness (QED) is 0.283. The Bertz CT molecular complexity index is 30.0. The van der Waals surface area contributed by atoms with Gasteiger partial charge in [0.25, 0.3) is 0 Å². The zero-order valence-electron chi connectivity index (χ0n) is 3.29. The highest BCUT2D eigenvalue weighted by Gasteiger charge is 2.08. The monoisotopic (exact) mass is 108 g/mol. The number of rotatable bonds is 2. The fourth-order valence-corrected chi connectivity index (χ4v) is 0.129. The average Bonchev–Trinajstić information content (AvgIpc) is 1.65. The number of hydrogen-bond donors (Lipinski definition) is 2. The fourth-order valence-electron chi connectivity index (χ4n) is 0.0430. The van der Waals surface area contributed by atoms with Gasteiger partial charge >= 0.3 is 7.32 Å². The van der Waals surface area contributed by atoms with Crippen LogP contribution in [0.25, 0.3) is 0 Å². The maximum Gasteiger partial charge on any atom is 0.647 e. The highest BCUT2D eigenvalue weighted by Crippen LogP contribution is 1.81. The van der Waals surface area contributed by atoms with Crippen LogP contribution in [0.1, 0.15) is 0 Å². The third-order valence-electron chi connectivity index (χ3n) is 0.292. The predicted molar refractivity (Wildman–Crippen MR) is 25.1 cm³/mol. The van der Waals surface area contributed by atoms with E-state index in [0.717, 1.165) is 0 Å². The van der Waals surface area contributed by atoms with E-state index in [-0.39, 0.29) is 0 Å². The second-order valence-corrected chi connectivity index (χ2v) is 0.859. The van der Waals surface area contributed by atoms with Gasteiger partial charge in [-0.05, 0) is 12.9 Å². The van der Waals surface area contributed by atoms with E-state index in [0.29, 0.717) is 0 Å². The first-order valence-corrected chi connectivity index (χ1v) is 1.69. The molecule has 0 aromatic rings. The van der Waals surface area contributed by atoms with E-state index in [2.05, 4.69) is 21.7 Å². The summed E-state index contributed by atoms with van der Waals surface area (Å²) in [4.78, 5) is 0. The van der Waals surface area contributed by atoms with Crippen LogP contribution in [-0.4, -0.2) is 19.5 Å². The summed E-state index contributed by atoms with van der Waals surface area (Å²) in [6.45, 7) is 0. The van der Waals surface area contributed by atoms with E-state index < -0.39 is 7.32 Å². The summed E-state index contributed by atoms with van der Waals surface area (Å²) >= 11 is 3.22. The van der Waals surface area contributed by atoms with Gasteiger partial charge in [-0.1, -0.05) is 0 Å². The van der Waals surface area contributed by atoms with Crippen LogP contribution in [0.2, 0.25) is 0 Å². The maximum absolute atomic E-state index is 8.15. The van der Waals surface area contributed by atoms with Crippen LogP contribution in [0.3, 0.4) is 0 Å². The van der Waals surface area contributed by atoms with Crippen molar-refractivity contribution in [1.29, 1.82) is 0 Å². The smallest absolute Gasteiger partial charge is 0.401 e. The lowest BCUT2D eigenvalue weighted by molar-refractivity contribution is 0.254. The van der Waals surface area contributed by atoms with Crippen LogP contribution in [0.5, 0.6) is 0 Å². The molecule has 0 aliphatic heterocycles. The Morgan fingerprint density at radius 1 is 1.83 bits per heavy atom. The van der Waals surface area contributed by atoms with Gasteiger partial charge in [0.15, 0.2) is 0 Å². The topological polar surface area (TPSA) is 38.7 Å². The molecule has 6 heavy (non-hydrogen) atoms. The molecule has 0 atom stereocenters. The first kappa shape index (κ1) is 6.29. The van der Waals surface area contributed by atoms with E-state index in [1.807, 2.05) is 0 Å². The van der Waals surface area contributed by atoms with Gasteiger partial charge in [0.05, 0.1) is 0 Å². The molecule has 36 valence electrons. The average molecular weight is 108 g/mol. The van der Waals surface area contributed by atoms with Gasteiger partial charge in [-0.3, -0.25) is 0 Å². The Hall–Kier alpha value is 0.295. The van der Waals surface area contributed by atoms with Crippen LogP contribution >= 0.6 is 12.9 Å². The molecule has 0 saturated carbocycles. The predicted octanol–water partition coefficient (Wildman–Crippen LogP) is -0.529. The van der Waals surface area contributed by atoms with Crippen molar-refractivity contribution in [2.75, 3.05) is 7.11 Å². The zero-order chi connectivity index (χ0) is 4.99. The number of hydrogen-bond acceptors (Lipinski definition) is 4. The molecule has 5 heteroatoms. The summed E-state index contributed by atoms with van der Waals surface area (Å²) in [5.74, 6) is 0. The van der Waals surface area contributed by atoms with Crippen LogP contribution in [0.4, 0.5) is 0 Å². The summed E-state index contributed by atoms with van der Waals surface area (Å²) in [6, 6.07) is 0. The summed E-state index contributed by atoms with van der Waals surface area (Å²) in [5.41, 5.74) is 0. The van der Waals surface area contributed by atoms with Crippen molar-refractivity contribution in [3.63, 3.8) is 0 Å². The minimum atomic E-state index is -1.20. The first-order chi connectivity index (χ1) is 2.81. The SMILES string of the molecule is COB(O)OS. The summed E-state index contributed by atoms with van der Waals surface area (Å²) in [5, 5.41) is 8.15. The molecule has 0 heterocycles. The van der Waals surface area contributed by atoms with Gasteiger partial charge in [-0.15, -0.1) is 0 Å². The van der Waals surface area contributed by atoms with Crippen molar-refractivity contribution in [1.82, 2.24) is 0 Å². The molecule has 0 amide bonds. The lowest BCUT2D eigenvalue weighted by Gasteiger charge is -1.92. The molecule has 0 aromatic heterocycles. The standard InChI is InChI=1S/CH5BO3S/c1-4-2(3)5-6/h3,6H,1H3. The normalized spacial score (nSPS) is 8.50. The van der Waals surface area contributed by atoms with Crippen molar-refractivity contribution in [2.24, 2.45) is 0 Å².